The molecule has 0 aromatic carbocycles. The Hall–Kier alpha value is -1.36. The van der Waals surface area contributed by atoms with Crippen LogP contribution in [-0.4, -0.2) is 78.5 Å². The van der Waals surface area contributed by atoms with Gasteiger partial charge in [0, 0.05) is 0 Å². The molecule has 0 saturated carbocycles. The van der Waals surface area contributed by atoms with E-state index in [-0.39, 0.29) is 15.5 Å². The molecule has 1 aliphatic rings. The molecule has 3 heterocycles. The molecule has 1 aliphatic heterocycles. The van der Waals surface area contributed by atoms with Gasteiger partial charge in [-0.1, -0.05) is 0 Å². The van der Waals surface area contributed by atoms with Crippen molar-refractivity contribution in [2.45, 2.75) is 24.5 Å². The van der Waals surface area contributed by atoms with E-state index in [0.29, 0.717) is 6.33 Å². The number of aromatic nitrogens is 4. The molecule has 1 unspecified atom stereocenters. The van der Waals surface area contributed by atoms with Gasteiger partial charge in [0.15, 0.2) is 22.9 Å². The number of nitrogens with zero attached hydrogens (tertiary/aromatic N) is 4. The lowest BCUT2D eigenvalue weighted by molar-refractivity contribution is -0.0503. The van der Waals surface area contributed by atoms with E-state index in [1.807, 2.05) is 0 Å². The number of hydrogen-bond donors (Lipinski definition) is 8. The standard InChI is InChI=1S/C10H16N5O13P3/c11-8-5-9(13-3-15(8)29(18,19)20)14(2-12-5)10-7(17)6(16)4(27-10)1-26-31(24,25)28-30(21,22)23/h2-4,6-7,10-11,16-17H,1H2,(H,24,25)(H2,18,19,20)(H2,21,22,23)/t4-,6-,7-,10-/m1/s1. The molecule has 8 N–H and O–H groups in total. The maximum absolute atomic E-state index is 11.5. The number of imidazole rings is 1. The number of rotatable bonds is 7. The van der Waals surface area contributed by atoms with Crippen molar-refractivity contribution in [3.63, 3.8) is 0 Å². The van der Waals surface area contributed by atoms with Crippen molar-refractivity contribution in [3.8, 4) is 0 Å². The van der Waals surface area contributed by atoms with Crippen molar-refractivity contribution in [1.29, 1.82) is 5.41 Å². The summed E-state index contributed by atoms with van der Waals surface area (Å²) in [7, 11) is -15.5. The Kier molecular flexibility index (Phi) is 6.43. The van der Waals surface area contributed by atoms with Crippen LogP contribution >= 0.6 is 23.4 Å². The van der Waals surface area contributed by atoms with Gasteiger partial charge in [-0.25, -0.2) is 28.0 Å². The molecule has 174 valence electrons. The Labute approximate surface area is 170 Å². The number of fused-ring (bicyclic) bond motifs is 1. The quantitative estimate of drug-likeness (QED) is 0.180. The molecule has 0 amide bonds. The van der Waals surface area contributed by atoms with Gasteiger partial charge in [0.1, 0.15) is 24.6 Å². The van der Waals surface area contributed by atoms with Gasteiger partial charge in [-0.2, -0.15) is 4.31 Å². The number of nitrogens with one attached hydrogen (secondary N) is 1. The normalized spacial score (nSPS) is 26.9. The Bertz CT molecular complexity index is 1180. The number of aliphatic hydroxyl groups is 2. The number of aliphatic hydroxyl groups excluding tert-OH is 2. The van der Waals surface area contributed by atoms with E-state index >= 15 is 0 Å². The van der Waals surface area contributed by atoms with Gasteiger partial charge >= 0.3 is 23.4 Å². The Morgan fingerprint density at radius 1 is 1.06 bits per heavy atom. The van der Waals surface area contributed by atoms with E-state index in [0.717, 1.165) is 10.9 Å². The van der Waals surface area contributed by atoms with Crippen LogP contribution in [0.1, 0.15) is 6.23 Å². The Morgan fingerprint density at radius 3 is 2.29 bits per heavy atom. The van der Waals surface area contributed by atoms with Crippen molar-refractivity contribution >= 4 is 34.6 Å². The maximum atomic E-state index is 11.5. The van der Waals surface area contributed by atoms with E-state index in [1.54, 1.807) is 0 Å². The molecular weight excluding hydrogens is 491 g/mol. The molecule has 1 saturated heterocycles. The molecular formula is C10H16N5O13P3. The number of phosphoric ester groups is 1. The predicted octanol–water partition coefficient (Wildman–Crippen LogP) is -2.50. The highest BCUT2D eigenvalue weighted by Gasteiger charge is 2.46. The van der Waals surface area contributed by atoms with Crippen LogP contribution in [0, 0.1) is 5.41 Å². The third-order valence-corrected chi connectivity index (χ3v) is 7.03. The summed E-state index contributed by atoms with van der Waals surface area (Å²) >= 11 is 0. The molecule has 0 bridgehead atoms. The van der Waals surface area contributed by atoms with Gasteiger partial charge < -0.3 is 39.4 Å². The summed E-state index contributed by atoms with van der Waals surface area (Å²) < 4.78 is 48.2. The van der Waals surface area contributed by atoms with Gasteiger partial charge in [0.05, 0.1) is 12.9 Å². The van der Waals surface area contributed by atoms with Gasteiger partial charge in [0.2, 0.25) is 0 Å². The van der Waals surface area contributed by atoms with Crippen LogP contribution < -0.4 is 5.49 Å². The number of hydrogen-bond acceptors (Lipinski definition) is 11. The topological polar surface area (TPSA) is 280 Å². The van der Waals surface area contributed by atoms with Crippen LogP contribution in [0.5, 0.6) is 0 Å². The molecule has 0 spiro atoms. The molecule has 3 rings (SSSR count). The predicted molar refractivity (Wildman–Crippen MR) is 93.6 cm³/mol. The highest BCUT2D eigenvalue weighted by molar-refractivity contribution is 7.60. The fraction of sp³-hybridized carbons (Fsp3) is 0.500. The molecule has 18 nitrogen and oxygen atoms in total. The number of ether oxygens (including phenoxy) is 1. The van der Waals surface area contributed by atoms with Crippen molar-refractivity contribution in [3.05, 3.63) is 18.1 Å². The molecule has 2 aromatic heterocycles. The molecule has 21 heteroatoms. The van der Waals surface area contributed by atoms with Crippen LogP contribution in [0.2, 0.25) is 0 Å². The minimum atomic E-state index is -5.36. The van der Waals surface area contributed by atoms with Crippen molar-refractivity contribution in [1.82, 2.24) is 18.9 Å². The highest BCUT2D eigenvalue weighted by atomic mass is 31.3. The summed E-state index contributed by atoms with van der Waals surface area (Å²) in [5, 5.41) is 28.2. The lowest BCUT2D eigenvalue weighted by Crippen LogP contribution is -2.33. The lowest BCUT2D eigenvalue weighted by atomic mass is 10.1. The number of phosphoric acid groups is 2. The third kappa shape index (κ3) is 5.18. The van der Waals surface area contributed by atoms with E-state index in [1.165, 1.54) is 0 Å². The third-order valence-electron chi connectivity index (χ3n) is 4.01. The van der Waals surface area contributed by atoms with Crippen LogP contribution in [0.25, 0.3) is 11.2 Å². The Morgan fingerprint density at radius 2 is 1.71 bits per heavy atom. The van der Waals surface area contributed by atoms with Crippen LogP contribution in [0.4, 0.5) is 0 Å². The second kappa shape index (κ2) is 8.20. The average Bonchev–Trinajstić information content (AvgIpc) is 3.13. The van der Waals surface area contributed by atoms with E-state index in [9.17, 15) is 38.6 Å². The zero-order valence-corrected chi connectivity index (χ0v) is 17.6. The average molecular weight is 507 g/mol. The van der Waals surface area contributed by atoms with Crippen molar-refractivity contribution in [2.24, 2.45) is 0 Å². The summed E-state index contributed by atoms with van der Waals surface area (Å²) in [6, 6.07) is 0. The monoisotopic (exact) mass is 507 g/mol. The SMILES string of the molecule is N=c1c2ncn([C@@H]3O[C@H](COP(=O)(O)OP(=O)(O)O)[C@@H](O)[C@H]3O)c2ncn1P(=O)(O)O. The first-order valence-corrected chi connectivity index (χ1v) is 12.5. The molecule has 31 heavy (non-hydrogen) atoms. The summed E-state index contributed by atoms with van der Waals surface area (Å²) in [6.07, 6.45) is -4.61. The van der Waals surface area contributed by atoms with Gasteiger partial charge in [-0.05, 0) is 0 Å². The fourth-order valence-corrected chi connectivity index (χ4v) is 4.87. The molecule has 0 aliphatic carbocycles. The molecule has 2 aromatic rings. The molecule has 1 fully saturated rings. The van der Waals surface area contributed by atoms with Gasteiger partial charge in [-0.15, -0.1) is 0 Å². The van der Waals surface area contributed by atoms with Crippen molar-refractivity contribution in [2.75, 3.05) is 6.61 Å². The molecule has 5 atom stereocenters. The van der Waals surface area contributed by atoms with E-state index in [4.69, 9.17) is 19.9 Å². The summed E-state index contributed by atoms with van der Waals surface area (Å²) in [4.78, 5) is 52.4. The summed E-state index contributed by atoms with van der Waals surface area (Å²) in [5.74, 6) is 0. The lowest BCUT2D eigenvalue weighted by Gasteiger charge is -2.17. The first-order chi connectivity index (χ1) is 14.1. The van der Waals surface area contributed by atoms with Crippen LogP contribution in [-0.2, 0) is 27.3 Å². The minimum absolute atomic E-state index is 0.148. The summed E-state index contributed by atoms with van der Waals surface area (Å²) in [6.45, 7) is -0.926. The fourth-order valence-electron chi connectivity index (χ4n) is 2.73. The second-order valence-corrected chi connectivity index (χ2v) is 10.4. The highest BCUT2D eigenvalue weighted by Crippen LogP contribution is 2.57. The van der Waals surface area contributed by atoms with E-state index in [2.05, 4.69) is 18.8 Å². The zero-order valence-electron chi connectivity index (χ0n) is 14.9. The van der Waals surface area contributed by atoms with Crippen LogP contribution in [0.15, 0.2) is 12.7 Å². The van der Waals surface area contributed by atoms with Crippen molar-refractivity contribution < 1.29 is 61.9 Å². The van der Waals surface area contributed by atoms with Gasteiger partial charge in [-0.3, -0.25) is 14.5 Å². The van der Waals surface area contributed by atoms with Gasteiger partial charge in [0.25, 0.3) is 0 Å². The first-order valence-electron chi connectivity index (χ1n) is 7.92. The minimum Gasteiger partial charge on any atom is -0.387 e. The zero-order chi connectivity index (χ0) is 23.4. The second-order valence-electron chi connectivity index (χ2n) is 6.16. The summed E-state index contributed by atoms with van der Waals surface area (Å²) in [5.41, 5.74) is -1.11. The molecule has 0 radical (unpaired) electrons. The largest absolute Gasteiger partial charge is 0.481 e. The smallest absolute Gasteiger partial charge is 0.387 e. The van der Waals surface area contributed by atoms with Crippen LogP contribution in [0.3, 0.4) is 0 Å². The first kappa shape index (κ1) is 24.3. The van der Waals surface area contributed by atoms with E-state index < -0.39 is 60.0 Å². The Balaban J connectivity index is 1.83. The maximum Gasteiger partial charge on any atom is 0.481 e.